The number of piperidine rings is 2. The molecule has 0 N–H and O–H groups in total. The van der Waals surface area contributed by atoms with E-state index in [-0.39, 0.29) is 11.8 Å². The van der Waals surface area contributed by atoms with Crippen LogP contribution in [0.4, 0.5) is 0 Å². The van der Waals surface area contributed by atoms with Gasteiger partial charge in [0.15, 0.2) is 0 Å². The first kappa shape index (κ1) is 15.8. The third-order valence-corrected chi connectivity index (χ3v) is 5.96. The fraction of sp³-hybridized carbons (Fsp3) is 0.929. The minimum atomic E-state index is -3.11. The zero-order chi connectivity index (χ0) is 14.8. The fourth-order valence-electron chi connectivity index (χ4n) is 3.38. The van der Waals surface area contributed by atoms with Crippen molar-refractivity contribution in [2.75, 3.05) is 25.9 Å². The summed E-state index contributed by atoms with van der Waals surface area (Å²) in [5.41, 5.74) is 0. The molecule has 2 aliphatic heterocycles. The molecule has 20 heavy (non-hydrogen) atoms. The molecule has 116 valence electrons. The standard InChI is InChI=1S/C14H26N2O3S/c1-3-13-6-4-5-9-16(13)14(17)12-7-10-15(11-8-12)20(2,18)19/h12-13H,3-11H2,1-2H3. The SMILES string of the molecule is CCC1CCCCN1C(=O)C1CCN(S(C)(=O)=O)CC1. The van der Waals surface area contributed by atoms with Gasteiger partial charge < -0.3 is 4.90 Å². The van der Waals surface area contributed by atoms with E-state index < -0.39 is 10.0 Å². The third-order valence-electron chi connectivity index (χ3n) is 4.65. The summed E-state index contributed by atoms with van der Waals surface area (Å²) in [6, 6.07) is 0.393. The van der Waals surface area contributed by atoms with Gasteiger partial charge in [-0.1, -0.05) is 6.92 Å². The highest BCUT2D eigenvalue weighted by atomic mass is 32.2. The van der Waals surface area contributed by atoms with Crippen LogP contribution in [-0.4, -0.2) is 55.5 Å². The van der Waals surface area contributed by atoms with E-state index in [1.165, 1.54) is 17.0 Å². The predicted molar refractivity (Wildman–Crippen MR) is 78.8 cm³/mol. The van der Waals surface area contributed by atoms with E-state index in [1.807, 2.05) is 0 Å². The molecule has 0 radical (unpaired) electrons. The lowest BCUT2D eigenvalue weighted by Gasteiger charge is -2.39. The first-order valence-corrected chi connectivity index (χ1v) is 9.54. The molecule has 2 aliphatic rings. The lowest BCUT2D eigenvalue weighted by Crippen LogP contribution is -2.49. The van der Waals surface area contributed by atoms with E-state index >= 15 is 0 Å². The normalized spacial score (nSPS) is 26.7. The monoisotopic (exact) mass is 302 g/mol. The maximum atomic E-state index is 12.6. The van der Waals surface area contributed by atoms with Crippen molar-refractivity contribution < 1.29 is 13.2 Å². The molecule has 2 fully saturated rings. The van der Waals surface area contributed by atoms with Crippen molar-refractivity contribution in [3.8, 4) is 0 Å². The number of sulfonamides is 1. The Kier molecular flexibility index (Phi) is 5.07. The van der Waals surface area contributed by atoms with Gasteiger partial charge in [0, 0.05) is 31.6 Å². The summed E-state index contributed by atoms with van der Waals surface area (Å²) in [5.74, 6) is 0.268. The molecule has 0 aliphatic carbocycles. The lowest BCUT2D eigenvalue weighted by molar-refractivity contribution is -0.140. The lowest BCUT2D eigenvalue weighted by atomic mass is 9.92. The molecule has 1 unspecified atom stereocenters. The van der Waals surface area contributed by atoms with Crippen LogP contribution in [-0.2, 0) is 14.8 Å². The number of amides is 1. The van der Waals surface area contributed by atoms with Crippen LogP contribution < -0.4 is 0 Å². The Morgan fingerprint density at radius 3 is 2.30 bits per heavy atom. The number of carbonyl (C=O) groups excluding carboxylic acids is 1. The second-order valence-electron chi connectivity index (χ2n) is 6.03. The molecule has 2 rings (SSSR count). The summed E-state index contributed by atoms with van der Waals surface area (Å²) in [4.78, 5) is 14.7. The van der Waals surface area contributed by atoms with Gasteiger partial charge in [0.2, 0.25) is 15.9 Å². The van der Waals surface area contributed by atoms with Gasteiger partial charge in [0.25, 0.3) is 0 Å². The molecule has 0 aromatic rings. The molecule has 0 aromatic heterocycles. The summed E-state index contributed by atoms with van der Waals surface area (Å²) in [5, 5.41) is 0. The van der Waals surface area contributed by atoms with Crippen molar-refractivity contribution in [1.82, 2.24) is 9.21 Å². The third kappa shape index (κ3) is 3.52. The summed E-state index contributed by atoms with van der Waals surface area (Å²) >= 11 is 0. The van der Waals surface area contributed by atoms with Crippen LogP contribution in [0.2, 0.25) is 0 Å². The van der Waals surface area contributed by atoms with Crippen molar-refractivity contribution in [1.29, 1.82) is 0 Å². The molecule has 0 aromatic carbocycles. The highest BCUT2D eigenvalue weighted by Crippen LogP contribution is 2.26. The molecule has 6 heteroatoms. The Labute approximate surface area is 122 Å². The summed E-state index contributed by atoms with van der Waals surface area (Å²) in [7, 11) is -3.11. The zero-order valence-corrected chi connectivity index (χ0v) is 13.4. The average Bonchev–Trinajstić information content (AvgIpc) is 2.45. The van der Waals surface area contributed by atoms with Crippen LogP contribution in [0.25, 0.3) is 0 Å². The second-order valence-corrected chi connectivity index (χ2v) is 8.01. The summed E-state index contributed by atoms with van der Waals surface area (Å²) in [6.45, 7) is 3.99. The average molecular weight is 302 g/mol. The van der Waals surface area contributed by atoms with E-state index in [1.54, 1.807) is 0 Å². The number of hydrogen-bond acceptors (Lipinski definition) is 3. The number of carbonyl (C=O) groups is 1. The molecule has 0 spiro atoms. The van der Waals surface area contributed by atoms with Crippen molar-refractivity contribution in [2.24, 2.45) is 5.92 Å². The minimum absolute atomic E-state index is 0.0140. The second kappa shape index (κ2) is 6.43. The Balaban J connectivity index is 1.94. The molecule has 0 saturated carbocycles. The van der Waals surface area contributed by atoms with Gasteiger partial charge in [-0.15, -0.1) is 0 Å². The van der Waals surface area contributed by atoms with Gasteiger partial charge in [-0.3, -0.25) is 4.79 Å². The smallest absolute Gasteiger partial charge is 0.226 e. The van der Waals surface area contributed by atoms with Crippen molar-refractivity contribution in [3.05, 3.63) is 0 Å². The zero-order valence-electron chi connectivity index (χ0n) is 12.5. The number of nitrogens with zero attached hydrogens (tertiary/aromatic N) is 2. The Hall–Kier alpha value is -0.620. The molecular weight excluding hydrogens is 276 g/mol. The quantitative estimate of drug-likeness (QED) is 0.793. The number of hydrogen-bond donors (Lipinski definition) is 0. The topological polar surface area (TPSA) is 57.7 Å². The molecule has 2 heterocycles. The van der Waals surface area contributed by atoms with Crippen LogP contribution in [0.15, 0.2) is 0 Å². The Morgan fingerprint density at radius 1 is 1.10 bits per heavy atom. The van der Waals surface area contributed by atoms with Crippen LogP contribution in [0.1, 0.15) is 45.4 Å². The fourth-order valence-corrected chi connectivity index (χ4v) is 4.26. The first-order valence-electron chi connectivity index (χ1n) is 7.69. The highest BCUT2D eigenvalue weighted by molar-refractivity contribution is 7.88. The van der Waals surface area contributed by atoms with Gasteiger partial charge >= 0.3 is 0 Å². The largest absolute Gasteiger partial charge is 0.339 e. The molecule has 2 saturated heterocycles. The van der Waals surface area contributed by atoms with Crippen LogP contribution >= 0.6 is 0 Å². The molecule has 5 nitrogen and oxygen atoms in total. The number of rotatable bonds is 3. The Morgan fingerprint density at radius 2 is 1.75 bits per heavy atom. The molecule has 1 amide bonds. The molecular formula is C14H26N2O3S. The molecule has 0 bridgehead atoms. The predicted octanol–water partition coefficient (Wildman–Crippen LogP) is 1.45. The highest BCUT2D eigenvalue weighted by Gasteiger charge is 2.34. The van der Waals surface area contributed by atoms with Gasteiger partial charge in [-0.05, 0) is 38.5 Å². The van der Waals surface area contributed by atoms with Crippen LogP contribution in [0, 0.1) is 5.92 Å². The van der Waals surface area contributed by atoms with Crippen LogP contribution in [0.3, 0.4) is 0 Å². The van der Waals surface area contributed by atoms with E-state index in [4.69, 9.17) is 0 Å². The van der Waals surface area contributed by atoms with Gasteiger partial charge in [0.05, 0.1) is 6.26 Å². The van der Waals surface area contributed by atoms with E-state index in [9.17, 15) is 13.2 Å². The van der Waals surface area contributed by atoms with Gasteiger partial charge in [-0.2, -0.15) is 0 Å². The van der Waals surface area contributed by atoms with Crippen molar-refractivity contribution in [2.45, 2.75) is 51.5 Å². The maximum absolute atomic E-state index is 12.6. The van der Waals surface area contributed by atoms with Crippen molar-refractivity contribution in [3.63, 3.8) is 0 Å². The number of likely N-dealkylation sites (tertiary alicyclic amines) is 1. The summed E-state index contributed by atoms with van der Waals surface area (Å²) in [6.07, 6.45) is 7.03. The van der Waals surface area contributed by atoms with Gasteiger partial charge in [-0.25, -0.2) is 12.7 Å². The summed E-state index contributed by atoms with van der Waals surface area (Å²) < 4.78 is 24.5. The minimum Gasteiger partial charge on any atom is -0.339 e. The molecule has 1 atom stereocenters. The Bertz CT molecular complexity index is 441. The van der Waals surface area contributed by atoms with E-state index in [0.29, 0.717) is 32.0 Å². The van der Waals surface area contributed by atoms with Crippen molar-refractivity contribution >= 4 is 15.9 Å². The van der Waals surface area contributed by atoms with Crippen LogP contribution in [0.5, 0.6) is 0 Å². The van der Waals surface area contributed by atoms with Gasteiger partial charge in [0.1, 0.15) is 0 Å². The maximum Gasteiger partial charge on any atom is 0.226 e. The first-order chi connectivity index (χ1) is 9.43. The van der Waals surface area contributed by atoms with E-state index in [2.05, 4.69) is 11.8 Å². The van der Waals surface area contributed by atoms with E-state index in [0.717, 1.165) is 25.8 Å².